The van der Waals surface area contributed by atoms with Crippen LogP contribution in [0.3, 0.4) is 0 Å². The van der Waals surface area contributed by atoms with Crippen molar-refractivity contribution in [3.05, 3.63) is 15.3 Å². The molecule has 1 aromatic heterocycles. The lowest BCUT2D eigenvalue weighted by molar-refractivity contribution is -0.0410. The summed E-state index contributed by atoms with van der Waals surface area (Å²) in [7, 11) is 0. The Morgan fingerprint density at radius 3 is 2.85 bits per heavy atom. The van der Waals surface area contributed by atoms with Gasteiger partial charge in [-0.1, -0.05) is 0 Å². The third-order valence-corrected chi connectivity index (χ3v) is 3.07. The summed E-state index contributed by atoms with van der Waals surface area (Å²) in [4.78, 5) is 0. The zero-order valence-electron chi connectivity index (χ0n) is 7.04. The summed E-state index contributed by atoms with van der Waals surface area (Å²) >= 11 is 6.78. The molecule has 0 bridgehead atoms. The lowest BCUT2D eigenvalue weighted by Crippen LogP contribution is -2.19. The van der Waals surface area contributed by atoms with Crippen LogP contribution in [0.2, 0.25) is 0 Å². The highest BCUT2D eigenvalue weighted by molar-refractivity contribution is 9.11. The van der Waals surface area contributed by atoms with E-state index in [0.717, 1.165) is 28.7 Å². The zero-order chi connectivity index (χ0) is 9.26. The smallest absolute Gasteiger partial charge is 0.151 e. The molecule has 3 nitrogen and oxygen atoms in total. The minimum atomic E-state index is 0.106. The highest BCUT2D eigenvalue weighted by Crippen LogP contribution is 2.27. The molecule has 1 aliphatic heterocycles. The van der Waals surface area contributed by atoms with Gasteiger partial charge < -0.3 is 4.74 Å². The van der Waals surface area contributed by atoms with Crippen molar-refractivity contribution in [3.8, 4) is 0 Å². The van der Waals surface area contributed by atoms with Crippen LogP contribution >= 0.6 is 31.9 Å². The molecule has 1 aliphatic rings. The first-order valence-electron chi connectivity index (χ1n) is 4.29. The van der Waals surface area contributed by atoms with Crippen molar-refractivity contribution in [1.29, 1.82) is 0 Å². The molecule has 1 aromatic rings. The van der Waals surface area contributed by atoms with Gasteiger partial charge in [0.15, 0.2) is 6.23 Å². The van der Waals surface area contributed by atoms with Crippen molar-refractivity contribution >= 4 is 31.9 Å². The summed E-state index contributed by atoms with van der Waals surface area (Å²) in [5.74, 6) is 0. The Labute approximate surface area is 93.7 Å². The first kappa shape index (κ1) is 9.68. The largest absolute Gasteiger partial charge is 0.356 e. The summed E-state index contributed by atoms with van der Waals surface area (Å²) in [6, 6.07) is 1.93. The SMILES string of the molecule is Brc1cc(Br)n(C2CCCCO2)n1. The summed E-state index contributed by atoms with van der Waals surface area (Å²) in [5.41, 5.74) is 0. The predicted molar refractivity (Wildman–Crippen MR) is 56.5 cm³/mol. The summed E-state index contributed by atoms with van der Waals surface area (Å²) < 4.78 is 9.29. The van der Waals surface area contributed by atoms with Crippen LogP contribution in [-0.2, 0) is 4.74 Å². The maximum atomic E-state index is 5.61. The minimum Gasteiger partial charge on any atom is -0.356 e. The molecule has 1 unspecified atom stereocenters. The normalized spacial score (nSPS) is 23.4. The monoisotopic (exact) mass is 308 g/mol. The van der Waals surface area contributed by atoms with E-state index in [1.165, 1.54) is 6.42 Å². The second kappa shape index (κ2) is 4.11. The summed E-state index contributed by atoms with van der Waals surface area (Å²) in [5, 5.41) is 4.30. The number of hydrogen-bond acceptors (Lipinski definition) is 2. The van der Waals surface area contributed by atoms with E-state index in [-0.39, 0.29) is 6.23 Å². The molecule has 0 spiro atoms. The molecule has 0 saturated carbocycles. The summed E-state index contributed by atoms with van der Waals surface area (Å²) in [6.07, 6.45) is 3.53. The van der Waals surface area contributed by atoms with Gasteiger partial charge in [0.25, 0.3) is 0 Å². The van der Waals surface area contributed by atoms with E-state index in [9.17, 15) is 0 Å². The molecule has 72 valence electrons. The summed E-state index contributed by atoms with van der Waals surface area (Å²) in [6.45, 7) is 0.842. The van der Waals surface area contributed by atoms with Gasteiger partial charge in [-0.3, -0.25) is 0 Å². The Morgan fingerprint density at radius 2 is 2.31 bits per heavy atom. The Balaban J connectivity index is 2.18. The molecule has 1 fully saturated rings. The van der Waals surface area contributed by atoms with Crippen molar-refractivity contribution in [1.82, 2.24) is 9.78 Å². The van der Waals surface area contributed by atoms with Crippen LogP contribution in [0.4, 0.5) is 0 Å². The molecule has 5 heteroatoms. The molecule has 1 saturated heterocycles. The van der Waals surface area contributed by atoms with Gasteiger partial charge >= 0.3 is 0 Å². The Bertz CT molecular complexity index is 294. The van der Waals surface area contributed by atoms with Crippen molar-refractivity contribution in [3.63, 3.8) is 0 Å². The average molecular weight is 310 g/mol. The average Bonchev–Trinajstić information content (AvgIpc) is 2.47. The molecule has 0 radical (unpaired) electrons. The van der Waals surface area contributed by atoms with Gasteiger partial charge in [-0.25, -0.2) is 4.68 Å². The highest BCUT2D eigenvalue weighted by Gasteiger charge is 2.18. The van der Waals surface area contributed by atoms with Gasteiger partial charge in [0.2, 0.25) is 0 Å². The Hall–Kier alpha value is 0.130. The first-order valence-corrected chi connectivity index (χ1v) is 5.88. The van der Waals surface area contributed by atoms with Crippen molar-refractivity contribution < 1.29 is 4.74 Å². The van der Waals surface area contributed by atoms with Crippen LogP contribution < -0.4 is 0 Å². The van der Waals surface area contributed by atoms with Gasteiger partial charge in [0.05, 0.1) is 0 Å². The fourth-order valence-electron chi connectivity index (χ4n) is 1.46. The van der Waals surface area contributed by atoms with E-state index in [1.54, 1.807) is 0 Å². The molecule has 0 N–H and O–H groups in total. The van der Waals surface area contributed by atoms with E-state index in [0.29, 0.717) is 0 Å². The third-order valence-electron chi connectivity index (χ3n) is 2.09. The van der Waals surface area contributed by atoms with Crippen LogP contribution in [0.25, 0.3) is 0 Å². The van der Waals surface area contributed by atoms with E-state index in [4.69, 9.17) is 4.74 Å². The van der Waals surface area contributed by atoms with Crippen molar-refractivity contribution in [2.75, 3.05) is 6.61 Å². The second-order valence-corrected chi connectivity index (χ2v) is 4.68. The van der Waals surface area contributed by atoms with Gasteiger partial charge in [0.1, 0.15) is 9.21 Å². The number of nitrogens with zero attached hydrogens (tertiary/aromatic N) is 2. The quantitative estimate of drug-likeness (QED) is 0.797. The molecule has 0 aromatic carbocycles. The number of aromatic nitrogens is 2. The Kier molecular flexibility index (Phi) is 3.06. The van der Waals surface area contributed by atoms with E-state index in [1.807, 2.05) is 10.7 Å². The van der Waals surface area contributed by atoms with Gasteiger partial charge in [0, 0.05) is 12.7 Å². The number of ether oxygens (including phenoxy) is 1. The lowest BCUT2D eigenvalue weighted by Gasteiger charge is -2.23. The minimum absolute atomic E-state index is 0.106. The van der Waals surface area contributed by atoms with Gasteiger partial charge in [-0.05, 0) is 51.1 Å². The molecule has 13 heavy (non-hydrogen) atoms. The third kappa shape index (κ3) is 2.14. The molecular formula is C8H10Br2N2O. The molecule has 0 amide bonds. The highest BCUT2D eigenvalue weighted by atomic mass is 79.9. The molecular weight excluding hydrogens is 300 g/mol. The first-order chi connectivity index (χ1) is 6.27. The van der Waals surface area contributed by atoms with Crippen LogP contribution in [0.1, 0.15) is 25.5 Å². The van der Waals surface area contributed by atoms with Crippen LogP contribution in [-0.4, -0.2) is 16.4 Å². The molecule has 0 aliphatic carbocycles. The van der Waals surface area contributed by atoms with E-state index in [2.05, 4.69) is 37.0 Å². The van der Waals surface area contributed by atoms with Crippen molar-refractivity contribution in [2.45, 2.75) is 25.5 Å². The molecule has 2 rings (SSSR count). The predicted octanol–water partition coefficient (Wildman–Crippen LogP) is 3.11. The van der Waals surface area contributed by atoms with Crippen LogP contribution in [0, 0.1) is 0 Å². The Morgan fingerprint density at radius 1 is 1.46 bits per heavy atom. The standard InChI is InChI=1S/C8H10Br2N2O/c9-6-5-7(10)12(11-6)8-3-1-2-4-13-8/h5,8H,1-4H2. The lowest BCUT2D eigenvalue weighted by atomic mass is 10.2. The second-order valence-electron chi connectivity index (χ2n) is 3.06. The van der Waals surface area contributed by atoms with Crippen molar-refractivity contribution in [2.24, 2.45) is 0 Å². The fraction of sp³-hybridized carbons (Fsp3) is 0.625. The number of rotatable bonds is 1. The van der Waals surface area contributed by atoms with E-state index >= 15 is 0 Å². The van der Waals surface area contributed by atoms with E-state index < -0.39 is 0 Å². The topological polar surface area (TPSA) is 27.1 Å². The molecule has 1 atom stereocenters. The number of hydrogen-bond donors (Lipinski definition) is 0. The van der Waals surface area contributed by atoms with Gasteiger partial charge in [-0.2, -0.15) is 5.10 Å². The molecule has 2 heterocycles. The zero-order valence-corrected chi connectivity index (χ0v) is 10.2. The maximum absolute atomic E-state index is 5.61. The fourth-order valence-corrected chi connectivity index (χ4v) is 2.68. The number of halogens is 2. The van der Waals surface area contributed by atoms with Crippen LogP contribution in [0.5, 0.6) is 0 Å². The van der Waals surface area contributed by atoms with Gasteiger partial charge in [-0.15, -0.1) is 0 Å². The van der Waals surface area contributed by atoms with Crippen LogP contribution in [0.15, 0.2) is 15.3 Å². The maximum Gasteiger partial charge on any atom is 0.151 e.